The summed E-state index contributed by atoms with van der Waals surface area (Å²) in [6.45, 7) is 1.63. The summed E-state index contributed by atoms with van der Waals surface area (Å²) in [5, 5.41) is 6.08. The largest absolute Gasteiger partial charge is 0.493 e. The van der Waals surface area contributed by atoms with Crippen LogP contribution in [0.2, 0.25) is 0 Å². The summed E-state index contributed by atoms with van der Waals surface area (Å²) in [4.78, 5) is 23.9. The van der Waals surface area contributed by atoms with Crippen molar-refractivity contribution in [2.45, 2.75) is 13.5 Å². The van der Waals surface area contributed by atoms with Crippen molar-refractivity contribution in [3.63, 3.8) is 0 Å². The number of carbonyl (C=O) groups excluding carboxylic acids is 2. The highest BCUT2D eigenvalue weighted by atomic mass is 19.1. The van der Waals surface area contributed by atoms with Gasteiger partial charge < -0.3 is 14.8 Å². The highest BCUT2D eigenvalue weighted by Gasteiger charge is 2.15. The monoisotopic (exact) mass is 453 g/mol. The van der Waals surface area contributed by atoms with Crippen LogP contribution in [0.4, 0.5) is 14.5 Å². The van der Waals surface area contributed by atoms with Crippen molar-refractivity contribution >= 4 is 23.2 Å². The number of para-hydroxylation sites is 1. The fourth-order valence-electron chi connectivity index (χ4n) is 2.77. The van der Waals surface area contributed by atoms with Crippen LogP contribution in [0.25, 0.3) is 0 Å². The average molecular weight is 453 g/mol. The lowest BCUT2D eigenvalue weighted by Crippen LogP contribution is -2.33. The summed E-state index contributed by atoms with van der Waals surface area (Å²) < 4.78 is 38.4. The molecule has 0 aliphatic heterocycles. The van der Waals surface area contributed by atoms with Crippen LogP contribution >= 0.6 is 0 Å². The predicted molar refractivity (Wildman–Crippen MR) is 119 cm³/mol. The first kappa shape index (κ1) is 23.4. The number of nitrogens with zero attached hydrogens (tertiary/aromatic N) is 1. The maximum Gasteiger partial charge on any atom is 0.329 e. The minimum atomic E-state index is -1.06. The fraction of sp³-hybridized carbons (Fsp3) is 0.125. The summed E-state index contributed by atoms with van der Waals surface area (Å²) in [7, 11) is 1.45. The number of rotatable bonds is 7. The van der Waals surface area contributed by atoms with Crippen molar-refractivity contribution in [2.24, 2.45) is 5.10 Å². The maximum atomic E-state index is 13.8. The SMILES string of the molecule is COc1cc(C(C)=NNC(=O)C(=O)Nc2ccccc2F)ccc1OCc1ccccc1F. The van der Waals surface area contributed by atoms with E-state index in [-0.39, 0.29) is 18.1 Å². The molecular formula is C24H21F2N3O4. The second kappa shape index (κ2) is 10.9. The van der Waals surface area contributed by atoms with Crippen LogP contribution in [0.1, 0.15) is 18.1 Å². The average Bonchev–Trinajstić information content (AvgIpc) is 2.83. The molecule has 0 aliphatic carbocycles. The number of hydrogen-bond donors (Lipinski definition) is 2. The molecule has 3 aromatic carbocycles. The molecule has 0 radical (unpaired) electrons. The fourth-order valence-corrected chi connectivity index (χ4v) is 2.77. The van der Waals surface area contributed by atoms with Gasteiger partial charge in [0.25, 0.3) is 0 Å². The van der Waals surface area contributed by atoms with E-state index < -0.39 is 17.6 Å². The number of hydrazone groups is 1. The quantitative estimate of drug-likeness (QED) is 0.321. The van der Waals surface area contributed by atoms with Crippen molar-refractivity contribution in [1.29, 1.82) is 0 Å². The zero-order valence-electron chi connectivity index (χ0n) is 17.9. The van der Waals surface area contributed by atoms with Crippen molar-refractivity contribution in [2.75, 3.05) is 12.4 Å². The van der Waals surface area contributed by atoms with Crippen LogP contribution in [-0.4, -0.2) is 24.6 Å². The molecule has 170 valence electrons. The number of carbonyl (C=O) groups is 2. The third-order valence-corrected chi connectivity index (χ3v) is 4.58. The first-order valence-electron chi connectivity index (χ1n) is 9.83. The number of halogens is 2. The van der Waals surface area contributed by atoms with Gasteiger partial charge in [0.05, 0.1) is 18.5 Å². The van der Waals surface area contributed by atoms with E-state index in [1.54, 1.807) is 43.3 Å². The Hall–Kier alpha value is -4.27. The molecule has 7 nitrogen and oxygen atoms in total. The summed E-state index contributed by atoms with van der Waals surface area (Å²) >= 11 is 0. The number of methoxy groups -OCH3 is 1. The normalized spacial score (nSPS) is 11.0. The van der Waals surface area contributed by atoms with Crippen molar-refractivity contribution in [3.05, 3.63) is 89.5 Å². The Bertz CT molecular complexity index is 1200. The molecule has 0 saturated carbocycles. The van der Waals surface area contributed by atoms with Crippen LogP contribution in [0.3, 0.4) is 0 Å². The third kappa shape index (κ3) is 6.13. The van der Waals surface area contributed by atoms with E-state index in [4.69, 9.17) is 9.47 Å². The molecule has 0 heterocycles. The number of hydrogen-bond acceptors (Lipinski definition) is 5. The van der Waals surface area contributed by atoms with Crippen molar-refractivity contribution < 1.29 is 27.8 Å². The zero-order chi connectivity index (χ0) is 23.8. The van der Waals surface area contributed by atoms with E-state index in [1.165, 1.54) is 31.4 Å². The van der Waals surface area contributed by atoms with Crippen molar-refractivity contribution in [1.82, 2.24) is 5.43 Å². The number of ether oxygens (including phenoxy) is 2. The molecule has 0 unspecified atom stereocenters. The molecule has 2 N–H and O–H groups in total. The Morgan fingerprint density at radius 2 is 1.61 bits per heavy atom. The lowest BCUT2D eigenvalue weighted by Gasteiger charge is -2.13. The molecule has 0 fully saturated rings. The van der Waals surface area contributed by atoms with E-state index in [1.807, 2.05) is 0 Å². The van der Waals surface area contributed by atoms with Gasteiger partial charge in [-0.25, -0.2) is 14.2 Å². The first-order chi connectivity index (χ1) is 15.9. The van der Waals surface area contributed by atoms with Gasteiger partial charge in [0, 0.05) is 11.1 Å². The topological polar surface area (TPSA) is 89.0 Å². The van der Waals surface area contributed by atoms with Crippen LogP contribution < -0.4 is 20.2 Å². The summed E-state index contributed by atoms with van der Waals surface area (Å²) in [5.41, 5.74) is 3.37. The van der Waals surface area contributed by atoms with Crippen LogP contribution in [-0.2, 0) is 16.2 Å². The van der Waals surface area contributed by atoms with E-state index in [9.17, 15) is 18.4 Å². The number of benzene rings is 3. The molecule has 3 aromatic rings. The van der Waals surface area contributed by atoms with E-state index in [0.29, 0.717) is 28.3 Å². The highest BCUT2D eigenvalue weighted by Crippen LogP contribution is 2.29. The van der Waals surface area contributed by atoms with Gasteiger partial charge in [0.15, 0.2) is 11.5 Å². The van der Waals surface area contributed by atoms with Gasteiger partial charge in [-0.2, -0.15) is 5.10 Å². The number of amides is 2. The maximum absolute atomic E-state index is 13.8. The minimum Gasteiger partial charge on any atom is -0.493 e. The second-order valence-corrected chi connectivity index (χ2v) is 6.82. The van der Waals surface area contributed by atoms with Gasteiger partial charge in [-0.1, -0.05) is 30.3 Å². The summed E-state index contributed by atoms with van der Waals surface area (Å²) in [6.07, 6.45) is 0. The molecule has 0 aliphatic rings. The van der Waals surface area contributed by atoms with Gasteiger partial charge in [-0.3, -0.25) is 9.59 Å². The van der Waals surface area contributed by atoms with Gasteiger partial charge >= 0.3 is 11.8 Å². The van der Waals surface area contributed by atoms with Crippen LogP contribution in [0.5, 0.6) is 11.5 Å². The van der Waals surface area contributed by atoms with Crippen LogP contribution in [0.15, 0.2) is 71.8 Å². The van der Waals surface area contributed by atoms with Gasteiger partial charge in [-0.15, -0.1) is 0 Å². The molecule has 0 bridgehead atoms. The third-order valence-electron chi connectivity index (χ3n) is 4.58. The molecule has 2 amide bonds. The van der Waals surface area contributed by atoms with Crippen molar-refractivity contribution in [3.8, 4) is 11.5 Å². The van der Waals surface area contributed by atoms with Crippen LogP contribution in [0, 0.1) is 11.6 Å². The summed E-state index contributed by atoms with van der Waals surface area (Å²) in [5.74, 6) is -2.39. The van der Waals surface area contributed by atoms with Gasteiger partial charge in [0.2, 0.25) is 0 Å². The van der Waals surface area contributed by atoms with E-state index in [2.05, 4.69) is 15.8 Å². The molecule has 0 saturated heterocycles. The predicted octanol–water partition coefficient (Wildman–Crippen LogP) is 4.03. The van der Waals surface area contributed by atoms with E-state index in [0.717, 1.165) is 6.07 Å². The minimum absolute atomic E-state index is 0.0165. The molecule has 9 heteroatoms. The van der Waals surface area contributed by atoms with E-state index >= 15 is 0 Å². The molecule has 3 rings (SSSR count). The summed E-state index contributed by atoms with van der Waals surface area (Å²) in [6, 6.07) is 16.7. The zero-order valence-corrected chi connectivity index (χ0v) is 17.9. The standard InChI is InChI=1S/C24H21F2N3O4/c1-15(28-29-24(31)23(30)27-20-10-6-5-9-19(20)26)16-11-12-21(22(13-16)32-2)33-14-17-7-3-4-8-18(17)25/h3-13H,14H2,1-2H3,(H,27,30)(H,29,31). The Morgan fingerprint density at radius 3 is 2.30 bits per heavy atom. The molecule has 33 heavy (non-hydrogen) atoms. The number of anilines is 1. The Morgan fingerprint density at radius 1 is 0.909 bits per heavy atom. The Labute approximate surface area is 189 Å². The smallest absolute Gasteiger partial charge is 0.329 e. The molecule has 0 spiro atoms. The Balaban J connectivity index is 1.64. The highest BCUT2D eigenvalue weighted by molar-refractivity contribution is 6.39. The molecular weight excluding hydrogens is 432 g/mol. The lowest BCUT2D eigenvalue weighted by atomic mass is 10.1. The lowest BCUT2D eigenvalue weighted by molar-refractivity contribution is -0.136. The second-order valence-electron chi connectivity index (χ2n) is 6.82. The molecule has 0 atom stereocenters. The Kier molecular flexibility index (Phi) is 7.69. The first-order valence-corrected chi connectivity index (χ1v) is 9.83. The van der Waals surface area contributed by atoms with Gasteiger partial charge in [-0.05, 0) is 43.3 Å². The van der Waals surface area contributed by atoms with Gasteiger partial charge in [0.1, 0.15) is 18.2 Å². The number of nitrogens with one attached hydrogen (secondary N) is 2. The molecule has 0 aromatic heterocycles.